The normalized spacial score (nSPS) is 13.1. The van der Waals surface area contributed by atoms with Gasteiger partial charge in [0.2, 0.25) is 0 Å². The highest BCUT2D eigenvalue weighted by Crippen LogP contribution is 2.33. The lowest BCUT2D eigenvalue weighted by molar-refractivity contribution is -0.385. The van der Waals surface area contributed by atoms with Crippen LogP contribution in [0.2, 0.25) is 0 Å². The topological polar surface area (TPSA) is 110 Å². The Morgan fingerprint density at radius 2 is 2.04 bits per heavy atom. The number of nitrogens with zero attached hydrogens (tertiary/aromatic N) is 3. The van der Waals surface area contributed by atoms with E-state index in [-0.39, 0.29) is 25.6 Å². The molecule has 0 saturated carbocycles. The zero-order valence-corrected chi connectivity index (χ0v) is 13.5. The fourth-order valence-corrected chi connectivity index (χ4v) is 2.88. The van der Waals surface area contributed by atoms with Gasteiger partial charge in [0.25, 0.3) is 5.69 Å². The number of rotatable bonds is 4. The van der Waals surface area contributed by atoms with Crippen molar-refractivity contribution in [2.75, 3.05) is 6.79 Å². The molecule has 9 heteroatoms. The number of aromatic nitrogens is 2. The van der Waals surface area contributed by atoms with Crippen LogP contribution in [0.25, 0.3) is 11.4 Å². The third-order valence-corrected chi connectivity index (χ3v) is 4.03. The number of nitro groups is 1. The summed E-state index contributed by atoms with van der Waals surface area (Å²) in [5.74, 6) is 0.160. The fraction of sp³-hybridized carbons (Fsp3) is 0.176. The molecule has 0 spiro atoms. The predicted octanol–water partition coefficient (Wildman–Crippen LogP) is 2.33. The van der Waals surface area contributed by atoms with Gasteiger partial charge in [-0.25, -0.2) is 4.79 Å². The summed E-state index contributed by atoms with van der Waals surface area (Å²) in [4.78, 5) is 22.9. The van der Waals surface area contributed by atoms with Crippen LogP contribution in [-0.4, -0.2) is 21.4 Å². The molecular formula is C17H13N3O6. The van der Waals surface area contributed by atoms with E-state index in [9.17, 15) is 14.9 Å². The minimum absolute atomic E-state index is 0.0244. The van der Waals surface area contributed by atoms with Crippen molar-refractivity contribution in [3.8, 4) is 17.1 Å². The molecule has 0 radical (unpaired) electrons. The van der Waals surface area contributed by atoms with Gasteiger partial charge in [-0.2, -0.15) is 0 Å². The zero-order chi connectivity index (χ0) is 18.1. The summed E-state index contributed by atoms with van der Waals surface area (Å²) in [6.45, 7) is 0.270. The number of fused-ring (bicyclic) bond motifs is 1. The van der Waals surface area contributed by atoms with Gasteiger partial charge in [-0.05, 0) is 0 Å². The predicted molar refractivity (Wildman–Crippen MR) is 88.7 cm³/mol. The van der Waals surface area contributed by atoms with Gasteiger partial charge in [-0.1, -0.05) is 35.5 Å². The van der Waals surface area contributed by atoms with Crippen molar-refractivity contribution in [3.05, 3.63) is 74.3 Å². The molecule has 0 atom stereocenters. The molecule has 132 valence electrons. The monoisotopic (exact) mass is 355 g/mol. The van der Waals surface area contributed by atoms with Gasteiger partial charge < -0.3 is 9.47 Å². The molecule has 1 aromatic heterocycles. The third kappa shape index (κ3) is 2.84. The molecule has 1 aliphatic heterocycles. The molecule has 1 aliphatic rings. The lowest BCUT2D eigenvalue weighted by Gasteiger charge is -2.20. The van der Waals surface area contributed by atoms with Gasteiger partial charge in [0.1, 0.15) is 5.75 Å². The number of hydrogen-bond acceptors (Lipinski definition) is 7. The van der Waals surface area contributed by atoms with Crippen molar-refractivity contribution in [1.82, 2.24) is 9.72 Å². The average Bonchev–Trinajstić information content (AvgIpc) is 3.03. The highest BCUT2D eigenvalue weighted by Gasteiger charge is 2.23. The average molecular weight is 355 g/mol. The highest BCUT2D eigenvalue weighted by molar-refractivity contribution is 5.55. The molecule has 2 aromatic carbocycles. The molecule has 4 rings (SSSR count). The van der Waals surface area contributed by atoms with Crippen LogP contribution in [0.3, 0.4) is 0 Å². The van der Waals surface area contributed by atoms with Crippen molar-refractivity contribution in [3.63, 3.8) is 0 Å². The summed E-state index contributed by atoms with van der Waals surface area (Å²) in [6.07, 6.45) is 0. The second kappa shape index (κ2) is 6.45. The Kier molecular flexibility index (Phi) is 3.98. The van der Waals surface area contributed by atoms with Crippen LogP contribution in [0.5, 0.6) is 5.75 Å². The van der Waals surface area contributed by atoms with E-state index in [0.29, 0.717) is 28.3 Å². The highest BCUT2D eigenvalue weighted by atomic mass is 16.7. The number of ether oxygens (including phenoxy) is 2. The maximum Gasteiger partial charge on any atom is 0.442 e. The summed E-state index contributed by atoms with van der Waals surface area (Å²) in [5.41, 5.74) is 1.65. The largest absolute Gasteiger partial charge is 0.467 e. The molecule has 9 nitrogen and oxygen atoms in total. The van der Waals surface area contributed by atoms with Crippen LogP contribution >= 0.6 is 0 Å². The number of benzene rings is 2. The Morgan fingerprint density at radius 3 is 2.81 bits per heavy atom. The van der Waals surface area contributed by atoms with Crippen molar-refractivity contribution < 1.29 is 18.9 Å². The molecule has 0 aliphatic carbocycles. The second-order valence-corrected chi connectivity index (χ2v) is 5.69. The molecule has 0 saturated heterocycles. The van der Waals surface area contributed by atoms with Crippen LogP contribution in [0.1, 0.15) is 11.1 Å². The first-order chi connectivity index (χ1) is 12.6. The van der Waals surface area contributed by atoms with E-state index < -0.39 is 10.7 Å². The summed E-state index contributed by atoms with van der Waals surface area (Å²) in [5, 5.41) is 15.0. The van der Waals surface area contributed by atoms with Crippen LogP contribution in [-0.2, 0) is 17.9 Å². The van der Waals surface area contributed by atoms with Gasteiger partial charge in [-0.3, -0.25) is 19.2 Å². The van der Waals surface area contributed by atoms with Gasteiger partial charge in [0.15, 0.2) is 12.6 Å². The lowest BCUT2D eigenvalue weighted by atomic mass is 10.1. The smallest absolute Gasteiger partial charge is 0.442 e. The van der Waals surface area contributed by atoms with E-state index >= 15 is 0 Å². The number of nitro benzene ring substituents is 1. The molecule has 0 unspecified atom stereocenters. The summed E-state index contributed by atoms with van der Waals surface area (Å²) in [6, 6.07) is 11.9. The first-order valence-corrected chi connectivity index (χ1v) is 7.76. The summed E-state index contributed by atoms with van der Waals surface area (Å²) >= 11 is 0. The minimum atomic E-state index is -0.656. The van der Waals surface area contributed by atoms with E-state index in [1.54, 1.807) is 12.1 Å². The van der Waals surface area contributed by atoms with Gasteiger partial charge >= 0.3 is 5.76 Å². The van der Waals surface area contributed by atoms with Gasteiger partial charge in [-0.15, -0.1) is 0 Å². The van der Waals surface area contributed by atoms with E-state index in [0.717, 1.165) is 0 Å². The number of hydrogen-bond donors (Lipinski definition) is 0. The Balaban J connectivity index is 1.81. The first-order valence-electron chi connectivity index (χ1n) is 7.76. The van der Waals surface area contributed by atoms with Crippen molar-refractivity contribution >= 4 is 5.69 Å². The number of non-ortho nitro benzene ring substituents is 1. The zero-order valence-electron chi connectivity index (χ0n) is 13.5. The van der Waals surface area contributed by atoms with Crippen molar-refractivity contribution in [2.24, 2.45) is 0 Å². The first kappa shape index (κ1) is 16.0. The molecule has 2 heterocycles. The van der Waals surface area contributed by atoms with E-state index in [4.69, 9.17) is 14.0 Å². The molecule has 0 bridgehead atoms. The molecule has 26 heavy (non-hydrogen) atoms. The maximum atomic E-state index is 12.1. The molecule has 3 aromatic rings. The van der Waals surface area contributed by atoms with Gasteiger partial charge in [0.05, 0.1) is 18.1 Å². The Hall–Kier alpha value is -3.46. The Labute approximate surface area is 146 Å². The quantitative estimate of drug-likeness (QED) is 0.522. The maximum absolute atomic E-state index is 12.1. The van der Waals surface area contributed by atoms with Crippen LogP contribution < -0.4 is 10.5 Å². The Bertz CT molecular complexity index is 1020. The Morgan fingerprint density at radius 1 is 1.23 bits per heavy atom. The molecular weight excluding hydrogens is 342 g/mol. The molecule has 0 amide bonds. The van der Waals surface area contributed by atoms with Crippen LogP contribution in [0, 0.1) is 10.1 Å². The van der Waals surface area contributed by atoms with Gasteiger partial charge in [0, 0.05) is 28.8 Å². The van der Waals surface area contributed by atoms with Crippen LogP contribution in [0.4, 0.5) is 5.69 Å². The molecule has 0 fully saturated rings. The summed E-state index contributed by atoms with van der Waals surface area (Å²) < 4.78 is 16.8. The minimum Gasteiger partial charge on any atom is -0.467 e. The molecule has 0 N–H and O–H groups in total. The third-order valence-electron chi connectivity index (χ3n) is 4.03. The van der Waals surface area contributed by atoms with Crippen molar-refractivity contribution in [2.45, 2.75) is 13.2 Å². The second-order valence-electron chi connectivity index (χ2n) is 5.69. The fourth-order valence-electron chi connectivity index (χ4n) is 2.88. The summed E-state index contributed by atoms with van der Waals surface area (Å²) in [7, 11) is 0. The standard InChI is InChI=1S/C17H13N3O6/c21-17-19(16(18-26-17)11-4-2-1-3-5-11)8-12-6-14(20(22)23)7-13-9-24-10-25-15(12)13/h1-7H,8-10H2. The van der Waals surface area contributed by atoms with E-state index in [2.05, 4.69) is 5.16 Å². The van der Waals surface area contributed by atoms with Crippen LogP contribution in [0.15, 0.2) is 51.8 Å². The van der Waals surface area contributed by atoms with E-state index in [1.165, 1.54) is 16.7 Å². The van der Waals surface area contributed by atoms with Crippen molar-refractivity contribution in [1.29, 1.82) is 0 Å². The lowest BCUT2D eigenvalue weighted by Crippen LogP contribution is -2.19. The van der Waals surface area contributed by atoms with E-state index in [1.807, 2.05) is 18.2 Å². The SMILES string of the molecule is O=c1onc(-c2ccccc2)n1Cc1cc([N+](=O)[O-])cc2c1OCOC2.